The van der Waals surface area contributed by atoms with Gasteiger partial charge in [-0.2, -0.15) is 0 Å². The average molecular weight is 233 g/mol. The van der Waals surface area contributed by atoms with Gasteiger partial charge in [0.1, 0.15) is 0 Å². The Kier molecular flexibility index (Phi) is 5.53. The molecular weight excluding hydrogens is 210 g/mol. The molecule has 1 unspecified atom stereocenters. The van der Waals surface area contributed by atoms with Crippen LogP contribution in [0, 0.1) is 5.92 Å². The standard InChI is InChI=1S/C15H23NO/c1-2-6-14(7-3-1)9-5-11-17-13-15-8-4-10-16-12-15/h1-3,6-7,15-16H,4-5,8-13H2. The fourth-order valence-electron chi connectivity index (χ4n) is 2.34. The summed E-state index contributed by atoms with van der Waals surface area (Å²) in [6, 6.07) is 10.6. The van der Waals surface area contributed by atoms with Gasteiger partial charge in [0.2, 0.25) is 0 Å². The summed E-state index contributed by atoms with van der Waals surface area (Å²) < 4.78 is 5.75. The highest BCUT2D eigenvalue weighted by Gasteiger charge is 2.12. The summed E-state index contributed by atoms with van der Waals surface area (Å²) in [5, 5.41) is 3.42. The number of hydrogen-bond donors (Lipinski definition) is 1. The van der Waals surface area contributed by atoms with Gasteiger partial charge in [0.15, 0.2) is 0 Å². The number of ether oxygens (including phenoxy) is 1. The zero-order chi connectivity index (χ0) is 11.8. The third-order valence-electron chi connectivity index (χ3n) is 3.35. The molecule has 0 aliphatic carbocycles. The molecule has 1 aliphatic rings. The smallest absolute Gasteiger partial charge is 0.0506 e. The van der Waals surface area contributed by atoms with Crippen LogP contribution in [0.25, 0.3) is 0 Å². The van der Waals surface area contributed by atoms with Crippen LogP contribution in [0.2, 0.25) is 0 Å². The summed E-state index contributed by atoms with van der Waals surface area (Å²) in [4.78, 5) is 0. The van der Waals surface area contributed by atoms with E-state index in [0.717, 1.165) is 38.5 Å². The van der Waals surface area contributed by atoms with Crippen LogP contribution in [-0.2, 0) is 11.2 Å². The molecule has 0 bridgehead atoms. The Hall–Kier alpha value is -0.860. The van der Waals surface area contributed by atoms with Gasteiger partial charge in [-0.3, -0.25) is 0 Å². The van der Waals surface area contributed by atoms with Crippen molar-refractivity contribution in [3.05, 3.63) is 35.9 Å². The second-order valence-electron chi connectivity index (χ2n) is 4.88. The molecule has 2 nitrogen and oxygen atoms in total. The molecule has 1 atom stereocenters. The number of rotatable bonds is 6. The van der Waals surface area contributed by atoms with E-state index in [2.05, 4.69) is 35.6 Å². The third kappa shape index (κ3) is 4.88. The van der Waals surface area contributed by atoms with Gasteiger partial charge in [-0.05, 0) is 43.7 Å². The Bertz CT molecular complexity index is 293. The maximum absolute atomic E-state index is 5.75. The molecule has 1 aliphatic heterocycles. The van der Waals surface area contributed by atoms with Gasteiger partial charge in [-0.15, -0.1) is 0 Å². The minimum absolute atomic E-state index is 0.737. The van der Waals surface area contributed by atoms with Crippen molar-refractivity contribution in [3.8, 4) is 0 Å². The number of benzene rings is 1. The maximum Gasteiger partial charge on any atom is 0.0506 e. The minimum Gasteiger partial charge on any atom is -0.381 e. The molecule has 2 heteroatoms. The number of aryl methyl sites for hydroxylation is 1. The summed E-state index contributed by atoms with van der Waals surface area (Å²) >= 11 is 0. The van der Waals surface area contributed by atoms with Crippen LogP contribution in [0.5, 0.6) is 0 Å². The predicted octanol–water partition coefficient (Wildman–Crippen LogP) is 2.64. The highest BCUT2D eigenvalue weighted by Crippen LogP contribution is 2.10. The molecule has 2 rings (SSSR count). The molecule has 0 radical (unpaired) electrons. The lowest BCUT2D eigenvalue weighted by atomic mass is 10.0. The number of hydrogen-bond acceptors (Lipinski definition) is 2. The average Bonchev–Trinajstić information content (AvgIpc) is 2.41. The zero-order valence-corrected chi connectivity index (χ0v) is 10.5. The van der Waals surface area contributed by atoms with E-state index in [9.17, 15) is 0 Å². The van der Waals surface area contributed by atoms with Gasteiger partial charge in [0.25, 0.3) is 0 Å². The molecule has 0 aromatic heterocycles. The van der Waals surface area contributed by atoms with Crippen molar-refractivity contribution in [2.75, 3.05) is 26.3 Å². The monoisotopic (exact) mass is 233 g/mol. The first-order valence-electron chi connectivity index (χ1n) is 6.77. The van der Waals surface area contributed by atoms with Crippen molar-refractivity contribution in [1.29, 1.82) is 0 Å². The second kappa shape index (κ2) is 7.46. The van der Waals surface area contributed by atoms with Crippen LogP contribution in [0.1, 0.15) is 24.8 Å². The van der Waals surface area contributed by atoms with E-state index in [1.807, 2.05) is 0 Å². The quantitative estimate of drug-likeness (QED) is 0.763. The van der Waals surface area contributed by atoms with Gasteiger partial charge in [-0.25, -0.2) is 0 Å². The van der Waals surface area contributed by atoms with Crippen molar-refractivity contribution in [3.63, 3.8) is 0 Å². The normalized spacial score (nSPS) is 20.4. The Morgan fingerprint density at radius 1 is 1.24 bits per heavy atom. The van der Waals surface area contributed by atoms with E-state index in [1.165, 1.54) is 24.9 Å². The highest BCUT2D eigenvalue weighted by atomic mass is 16.5. The van der Waals surface area contributed by atoms with Crippen LogP contribution < -0.4 is 5.32 Å². The molecule has 1 N–H and O–H groups in total. The SMILES string of the molecule is c1ccc(CCCOCC2CCCNC2)cc1. The first-order chi connectivity index (χ1) is 8.45. The van der Waals surface area contributed by atoms with Crippen LogP contribution in [0.15, 0.2) is 30.3 Å². The van der Waals surface area contributed by atoms with Crippen molar-refractivity contribution in [2.45, 2.75) is 25.7 Å². The predicted molar refractivity (Wildman–Crippen MR) is 71.2 cm³/mol. The molecule has 17 heavy (non-hydrogen) atoms. The third-order valence-corrected chi connectivity index (χ3v) is 3.35. The molecule has 1 aromatic carbocycles. The summed E-state index contributed by atoms with van der Waals surface area (Å²) in [7, 11) is 0. The lowest BCUT2D eigenvalue weighted by molar-refractivity contribution is 0.0883. The fraction of sp³-hybridized carbons (Fsp3) is 0.600. The molecule has 1 heterocycles. The van der Waals surface area contributed by atoms with E-state index in [4.69, 9.17) is 4.74 Å². The number of nitrogens with one attached hydrogen (secondary N) is 1. The summed E-state index contributed by atoms with van der Waals surface area (Å²) in [5.74, 6) is 0.737. The van der Waals surface area contributed by atoms with Crippen LogP contribution >= 0.6 is 0 Å². The lowest BCUT2D eigenvalue weighted by Crippen LogP contribution is -2.32. The van der Waals surface area contributed by atoms with Crippen molar-refractivity contribution < 1.29 is 4.74 Å². The van der Waals surface area contributed by atoms with Gasteiger partial charge in [-0.1, -0.05) is 30.3 Å². The Morgan fingerprint density at radius 2 is 2.12 bits per heavy atom. The summed E-state index contributed by atoms with van der Waals surface area (Å²) in [6.45, 7) is 4.15. The van der Waals surface area contributed by atoms with E-state index in [-0.39, 0.29) is 0 Å². The van der Waals surface area contributed by atoms with Crippen LogP contribution in [0.4, 0.5) is 0 Å². The molecule has 1 fully saturated rings. The van der Waals surface area contributed by atoms with Gasteiger partial charge in [0.05, 0.1) is 6.61 Å². The fourth-order valence-corrected chi connectivity index (χ4v) is 2.34. The first-order valence-corrected chi connectivity index (χ1v) is 6.77. The molecule has 1 saturated heterocycles. The molecular formula is C15H23NO. The maximum atomic E-state index is 5.75. The molecule has 94 valence electrons. The topological polar surface area (TPSA) is 21.3 Å². The molecule has 0 saturated carbocycles. The van der Waals surface area contributed by atoms with Crippen molar-refractivity contribution in [2.24, 2.45) is 5.92 Å². The van der Waals surface area contributed by atoms with E-state index in [1.54, 1.807) is 0 Å². The second-order valence-corrected chi connectivity index (χ2v) is 4.88. The Balaban J connectivity index is 1.51. The van der Waals surface area contributed by atoms with Gasteiger partial charge < -0.3 is 10.1 Å². The Morgan fingerprint density at radius 3 is 2.88 bits per heavy atom. The molecule has 1 aromatic rings. The van der Waals surface area contributed by atoms with Crippen molar-refractivity contribution in [1.82, 2.24) is 5.32 Å². The number of piperidine rings is 1. The molecule has 0 amide bonds. The highest BCUT2D eigenvalue weighted by molar-refractivity contribution is 5.14. The minimum atomic E-state index is 0.737. The zero-order valence-electron chi connectivity index (χ0n) is 10.5. The van der Waals surface area contributed by atoms with E-state index < -0.39 is 0 Å². The largest absolute Gasteiger partial charge is 0.381 e. The van der Waals surface area contributed by atoms with Crippen LogP contribution in [0.3, 0.4) is 0 Å². The molecule has 0 spiro atoms. The first kappa shape index (κ1) is 12.6. The van der Waals surface area contributed by atoms with Crippen molar-refractivity contribution >= 4 is 0 Å². The summed E-state index contributed by atoms with van der Waals surface area (Å²) in [6.07, 6.45) is 4.89. The Labute approximate surface area is 104 Å². The summed E-state index contributed by atoms with van der Waals surface area (Å²) in [5.41, 5.74) is 1.41. The van der Waals surface area contributed by atoms with E-state index in [0.29, 0.717) is 0 Å². The van der Waals surface area contributed by atoms with Crippen LogP contribution in [-0.4, -0.2) is 26.3 Å². The van der Waals surface area contributed by atoms with Gasteiger partial charge in [0, 0.05) is 13.2 Å². The van der Waals surface area contributed by atoms with E-state index >= 15 is 0 Å². The lowest BCUT2D eigenvalue weighted by Gasteiger charge is -2.22. The van der Waals surface area contributed by atoms with Gasteiger partial charge >= 0.3 is 0 Å².